The van der Waals surface area contributed by atoms with Crippen LogP contribution >= 0.6 is 0 Å². The van der Waals surface area contributed by atoms with Crippen LogP contribution in [0.15, 0.2) is 23.3 Å². The first-order chi connectivity index (χ1) is 13.7. The molecule has 1 heterocycles. The van der Waals surface area contributed by atoms with E-state index in [1.165, 1.54) is 5.56 Å². The van der Waals surface area contributed by atoms with E-state index in [2.05, 4.69) is 18.9 Å². The number of nitrogens with zero attached hydrogens (tertiary/aromatic N) is 2. The Morgan fingerprint density at radius 2 is 1.72 bits per heavy atom. The molecule has 5 rings (SSSR count). The number of benzene rings is 1. The number of hydrogen-bond donors (Lipinski definition) is 0. The van der Waals surface area contributed by atoms with Crippen LogP contribution in [-0.2, 0) is 28.3 Å². The van der Waals surface area contributed by atoms with Crippen molar-refractivity contribution in [1.82, 2.24) is 5.01 Å². The Morgan fingerprint density at radius 1 is 1.07 bits per heavy atom. The van der Waals surface area contributed by atoms with Gasteiger partial charge in [0, 0.05) is 24.3 Å². The third-order valence-electron chi connectivity index (χ3n) is 5.44. The minimum absolute atomic E-state index is 0. The molecule has 0 bridgehead atoms. The van der Waals surface area contributed by atoms with Crippen LogP contribution in [-0.4, -0.2) is 29.8 Å². The molecular weight excluding hydrogens is 404 g/mol. The summed E-state index contributed by atoms with van der Waals surface area (Å²) in [5.41, 5.74) is 3.43. The summed E-state index contributed by atoms with van der Waals surface area (Å²) in [4.78, 5) is 12.1. The van der Waals surface area contributed by atoms with Crippen LogP contribution < -0.4 is 4.74 Å². The maximum Gasteiger partial charge on any atom is 2.00 e. The molecule has 0 saturated heterocycles. The van der Waals surface area contributed by atoms with Crippen molar-refractivity contribution in [2.75, 3.05) is 7.11 Å². The van der Waals surface area contributed by atoms with E-state index in [0.29, 0.717) is 0 Å². The number of methoxy groups -OCH3 is 1. The third-order valence-corrected chi connectivity index (χ3v) is 5.44. The van der Waals surface area contributed by atoms with E-state index in [0.717, 1.165) is 35.8 Å². The molecule has 1 aromatic rings. The van der Waals surface area contributed by atoms with Gasteiger partial charge in [0.2, 0.25) is 5.91 Å². The average Bonchev–Trinajstić information content (AvgIpc) is 3.49. The quantitative estimate of drug-likeness (QED) is 0.676. The van der Waals surface area contributed by atoms with Crippen LogP contribution in [0.3, 0.4) is 0 Å². The zero-order chi connectivity index (χ0) is 19.5. The zero-order valence-electron chi connectivity index (χ0n) is 16.6. The Labute approximate surface area is 185 Å². The van der Waals surface area contributed by atoms with Gasteiger partial charge in [-0.3, -0.25) is 4.79 Å². The van der Waals surface area contributed by atoms with E-state index in [1.807, 2.05) is 57.1 Å². The molecule has 148 valence electrons. The molecule has 0 N–H and O–H groups in total. The fourth-order valence-corrected chi connectivity index (χ4v) is 4.12. The number of carbonyl (C=O) groups is 1. The number of carbonyl (C=O) groups excluding carboxylic acids is 1. The van der Waals surface area contributed by atoms with E-state index >= 15 is 0 Å². The van der Waals surface area contributed by atoms with Crippen molar-refractivity contribution in [1.29, 1.82) is 0 Å². The van der Waals surface area contributed by atoms with Crippen molar-refractivity contribution in [3.8, 4) is 5.75 Å². The van der Waals surface area contributed by atoms with Gasteiger partial charge in [-0.1, -0.05) is 6.07 Å². The predicted octanol–water partition coefficient (Wildman–Crippen LogP) is 3.62. The fraction of sp³-hybridized carbons (Fsp3) is 0.250. The number of fused-ring (bicyclic) bond motifs is 3. The van der Waals surface area contributed by atoms with Crippen molar-refractivity contribution in [2.45, 2.75) is 25.8 Å². The Morgan fingerprint density at radius 3 is 2.31 bits per heavy atom. The molecule has 0 unspecified atom stereocenters. The molecule has 10 radical (unpaired) electrons. The number of amides is 1. The van der Waals surface area contributed by atoms with Crippen molar-refractivity contribution in [3.05, 3.63) is 93.0 Å². The Bertz CT molecular complexity index is 731. The molecule has 29 heavy (non-hydrogen) atoms. The minimum atomic E-state index is -0.0115. The average molecular weight is 428 g/mol. The number of hydrazone groups is 1. The normalized spacial score (nSPS) is 25.3. The summed E-state index contributed by atoms with van der Waals surface area (Å²) in [5, 5.41) is 6.37. The fourth-order valence-electron chi connectivity index (χ4n) is 4.12. The second-order valence-corrected chi connectivity index (χ2v) is 7.14. The topological polar surface area (TPSA) is 41.9 Å². The molecule has 1 aliphatic heterocycles. The third kappa shape index (κ3) is 4.72. The first-order valence-corrected chi connectivity index (χ1v) is 9.63. The maximum atomic E-state index is 12.1. The summed E-state index contributed by atoms with van der Waals surface area (Å²) in [6.07, 6.45) is 20.2. The summed E-state index contributed by atoms with van der Waals surface area (Å²) < 4.78 is 5.37. The number of ether oxygens (including phenoxy) is 1. The minimum Gasteiger partial charge on any atom is -0.497 e. The second-order valence-electron chi connectivity index (χ2n) is 7.14. The first-order valence-electron chi connectivity index (χ1n) is 9.63. The Hall–Kier alpha value is -1.32. The van der Waals surface area contributed by atoms with Gasteiger partial charge in [0.25, 0.3) is 0 Å². The molecule has 0 spiro atoms. The molecule has 2 saturated carbocycles. The Kier molecular flexibility index (Phi) is 7.81. The molecule has 4 nitrogen and oxygen atoms in total. The van der Waals surface area contributed by atoms with Crippen LogP contribution in [0.4, 0.5) is 0 Å². The summed E-state index contributed by atoms with van der Waals surface area (Å²) in [7, 11) is 1.67. The van der Waals surface area contributed by atoms with Crippen molar-refractivity contribution in [2.24, 2.45) is 11.0 Å². The van der Waals surface area contributed by atoms with Crippen LogP contribution in [0, 0.1) is 69.6 Å². The molecule has 3 aliphatic carbocycles. The molecule has 5 heteroatoms. The zero-order valence-corrected chi connectivity index (χ0v) is 17.7. The molecular formula is C24H24FeN2O2+2. The summed E-state index contributed by atoms with van der Waals surface area (Å²) in [6, 6.07) is 6.16. The number of rotatable bonds is 2. The molecule has 4 aliphatic rings. The molecule has 0 aromatic heterocycles. The van der Waals surface area contributed by atoms with Gasteiger partial charge in [-0.2, -0.15) is 5.10 Å². The van der Waals surface area contributed by atoms with Crippen molar-refractivity contribution >= 4 is 11.6 Å². The van der Waals surface area contributed by atoms with E-state index in [1.54, 1.807) is 19.0 Å². The van der Waals surface area contributed by atoms with Crippen LogP contribution in [0.25, 0.3) is 0 Å². The van der Waals surface area contributed by atoms with Gasteiger partial charge in [0.1, 0.15) is 5.75 Å². The van der Waals surface area contributed by atoms with Gasteiger partial charge in [-0.25, -0.2) is 5.01 Å². The van der Waals surface area contributed by atoms with Crippen molar-refractivity contribution in [3.63, 3.8) is 0 Å². The molecule has 1 aromatic carbocycles. The Balaban J connectivity index is 0.000000352. The summed E-state index contributed by atoms with van der Waals surface area (Å²) in [5.74, 6) is 2.23. The smallest absolute Gasteiger partial charge is 0.497 e. The van der Waals surface area contributed by atoms with E-state index in [9.17, 15) is 4.79 Å². The van der Waals surface area contributed by atoms with Gasteiger partial charge in [-0.15, -0.1) is 0 Å². The van der Waals surface area contributed by atoms with E-state index in [4.69, 9.17) is 9.84 Å². The molecule has 2 atom stereocenters. The van der Waals surface area contributed by atoms with Crippen LogP contribution in [0.5, 0.6) is 5.75 Å². The van der Waals surface area contributed by atoms with Gasteiger partial charge in [0.05, 0.1) is 18.9 Å². The monoisotopic (exact) mass is 428 g/mol. The van der Waals surface area contributed by atoms with E-state index < -0.39 is 0 Å². The standard InChI is InChI=1S/C19H19N2O2.C5H5.Fe/c1-12(22)21-19(14-5-3-4-6-14)16-10-8-13-7-9-15(23-2)11-17(13)18(16)20-21;1-2-4-5-3-1;/h3-7,9,11,16,19H,8,10H2,1-2H3;1-5H;/q;;+2/t16-,19-;;/m1../s1. The van der Waals surface area contributed by atoms with Gasteiger partial charge in [-0.05, 0) is 88.3 Å². The van der Waals surface area contributed by atoms with Crippen LogP contribution in [0.2, 0.25) is 0 Å². The first kappa shape index (κ1) is 22.4. The summed E-state index contributed by atoms with van der Waals surface area (Å²) >= 11 is 0. The van der Waals surface area contributed by atoms with E-state index in [-0.39, 0.29) is 34.9 Å². The van der Waals surface area contributed by atoms with Gasteiger partial charge in [0.15, 0.2) is 0 Å². The second kappa shape index (κ2) is 10.1. The van der Waals surface area contributed by atoms with Gasteiger partial charge < -0.3 is 4.74 Å². The van der Waals surface area contributed by atoms with Crippen LogP contribution in [0.1, 0.15) is 24.5 Å². The number of aryl methyl sites for hydroxylation is 1. The summed E-state index contributed by atoms with van der Waals surface area (Å²) in [6.45, 7) is 1.59. The molecule has 2 fully saturated rings. The SMILES string of the molecule is COc1ccc2c(c1)C1=NN(C(C)=O)[C@H]([C]3[CH][CH][CH][CH]3)[C@@H]1CC2.[CH]1[CH][CH][CH][CH]1.[Fe+2]. The maximum absolute atomic E-state index is 12.1. The molecule has 1 amide bonds. The van der Waals surface area contributed by atoms with Crippen molar-refractivity contribution < 1.29 is 26.6 Å². The number of hydrogen-bond acceptors (Lipinski definition) is 3. The largest absolute Gasteiger partial charge is 2.00 e. The predicted molar refractivity (Wildman–Crippen MR) is 110 cm³/mol. The van der Waals surface area contributed by atoms with Gasteiger partial charge >= 0.3 is 17.1 Å².